The summed E-state index contributed by atoms with van der Waals surface area (Å²) < 4.78 is 0. The van der Waals surface area contributed by atoms with Crippen LogP contribution in [0, 0.1) is 0 Å². The molecule has 0 atom stereocenters. The van der Waals surface area contributed by atoms with E-state index in [1.54, 1.807) is 11.3 Å². The van der Waals surface area contributed by atoms with E-state index in [-0.39, 0.29) is 12.4 Å². The molecule has 1 aromatic carbocycles. The highest BCUT2D eigenvalue weighted by atomic mass is 35.5. The number of fused-ring (bicyclic) bond motifs is 1. The molecule has 3 aromatic rings. The van der Waals surface area contributed by atoms with Crippen molar-refractivity contribution < 1.29 is 0 Å². The molecule has 18 heavy (non-hydrogen) atoms. The number of nitrogens with one attached hydrogen (secondary N) is 2. The van der Waals surface area contributed by atoms with Crippen molar-refractivity contribution >= 4 is 34.6 Å². The Kier molecular flexibility index (Phi) is 4.42. The number of benzene rings is 1. The molecule has 0 fully saturated rings. The van der Waals surface area contributed by atoms with E-state index in [2.05, 4.69) is 52.1 Å². The van der Waals surface area contributed by atoms with Gasteiger partial charge in [0.25, 0.3) is 0 Å². The lowest BCUT2D eigenvalue weighted by molar-refractivity contribution is 0.701. The molecule has 0 aliphatic heterocycles. The van der Waals surface area contributed by atoms with Gasteiger partial charge in [0.1, 0.15) is 0 Å². The van der Waals surface area contributed by atoms with Crippen LogP contribution in [0.1, 0.15) is 10.4 Å². The molecule has 0 unspecified atom stereocenters. The topological polar surface area (TPSA) is 27.8 Å². The first-order valence-electron chi connectivity index (χ1n) is 5.71. The molecule has 2 aromatic heterocycles. The van der Waals surface area contributed by atoms with Crippen LogP contribution in [-0.4, -0.2) is 4.98 Å². The fraction of sp³-hybridized carbons (Fsp3) is 0.143. The SMILES string of the molecule is Cl.c1csc(CNCc2ccc3[nH]ccc3c2)c1. The Morgan fingerprint density at radius 1 is 1.11 bits per heavy atom. The van der Waals surface area contributed by atoms with E-state index in [1.807, 2.05) is 6.20 Å². The van der Waals surface area contributed by atoms with Crippen LogP contribution in [0.2, 0.25) is 0 Å². The first-order chi connectivity index (χ1) is 8.42. The quantitative estimate of drug-likeness (QED) is 0.743. The summed E-state index contributed by atoms with van der Waals surface area (Å²) in [5, 5.41) is 6.85. The van der Waals surface area contributed by atoms with Crippen LogP contribution in [-0.2, 0) is 13.1 Å². The number of halogens is 1. The number of thiophene rings is 1. The Labute approximate surface area is 116 Å². The van der Waals surface area contributed by atoms with Crippen molar-refractivity contribution in [1.29, 1.82) is 0 Å². The molecular formula is C14H15ClN2S. The Bertz CT molecular complexity index is 601. The Morgan fingerprint density at radius 3 is 2.89 bits per heavy atom. The maximum absolute atomic E-state index is 3.46. The van der Waals surface area contributed by atoms with Crippen LogP contribution in [0.15, 0.2) is 48.0 Å². The van der Waals surface area contributed by atoms with Gasteiger partial charge in [-0.1, -0.05) is 12.1 Å². The number of aromatic amines is 1. The first kappa shape index (κ1) is 13.1. The van der Waals surface area contributed by atoms with Crippen molar-refractivity contribution in [2.75, 3.05) is 0 Å². The fourth-order valence-electron chi connectivity index (χ4n) is 1.96. The molecule has 0 aliphatic rings. The summed E-state index contributed by atoms with van der Waals surface area (Å²) in [5.74, 6) is 0. The third-order valence-corrected chi connectivity index (χ3v) is 3.70. The highest BCUT2D eigenvalue weighted by Crippen LogP contribution is 2.14. The lowest BCUT2D eigenvalue weighted by atomic mass is 10.1. The van der Waals surface area contributed by atoms with Gasteiger partial charge in [-0.05, 0) is 40.6 Å². The molecule has 0 aliphatic carbocycles. The van der Waals surface area contributed by atoms with Gasteiger partial charge in [0.05, 0.1) is 0 Å². The van der Waals surface area contributed by atoms with Gasteiger partial charge in [-0.25, -0.2) is 0 Å². The minimum absolute atomic E-state index is 0. The minimum atomic E-state index is 0. The fourth-order valence-corrected chi connectivity index (χ4v) is 2.63. The maximum Gasteiger partial charge on any atom is 0.0454 e. The molecule has 94 valence electrons. The standard InChI is InChI=1S/C14H14N2S.ClH/c1-2-13(17-7-1)10-15-9-11-3-4-14-12(8-11)5-6-16-14;/h1-8,15-16H,9-10H2;1H. The number of hydrogen-bond donors (Lipinski definition) is 2. The third-order valence-electron chi connectivity index (χ3n) is 2.83. The van der Waals surface area contributed by atoms with Gasteiger partial charge in [0, 0.05) is 29.7 Å². The average Bonchev–Trinajstić information content (AvgIpc) is 2.98. The number of rotatable bonds is 4. The zero-order chi connectivity index (χ0) is 11.5. The van der Waals surface area contributed by atoms with E-state index in [1.165, 1.54) is 21.3 Å². The average molecular weight is 279 g/mol. The summed E-state index contributed by atoms with van der Waals surface area (Å²) in [7, 11) is 0. The van der Waals surface area contributed by atoms with Gasteiger partial charge in [0.2, 0.25) is 0 Å². The van der Waals surface area contributed by atoms with Crippen LogP contribution in [0.5, 0.6) is 0 Å². The van der Waals surface area contributed by atoms with Crippen molar-refractivity contribution in [3.63, 3.8) is 0 Å². The van der Waals surface area contributed by atoms with Crippen LogP contribution >= 0.6 is 23.7 Å². The Morgan fingerprint density at radius 2 is 2.06 bits per heavy atom. The molecule has 0 saturated heterocycles. The summed E-state index contributed by atoms with van der Waals surface area (Å²) in [6.45, 7) is 1.86. The molecule has 2 nitrogen and oxygen atoms in total. The molecule has 0 amide bonds. The molecule has 0 saturated carbocycles. The number of H-pyrrole nitrogens is 1. The van der Waals surface area contributed by atoms with Crippen molar-refractivity contribution in [2.24, 2.45) is 0 Å². The van der Waals surface area contributed by atoms with Crippen molar-refractivity contribution in [1.82, 2.24) is 10.3 Å². The van der Waals surface area contributed by atoms with Crippen LogP contribution in [0.4, 0.5) is 0 Å². The van der Waals surface area contributed by atoms with E-state index < -0.39 is 0 Å². The molecule has 2 heterocycles. The van der Waals surface area contributed by atoms with Crippen LogP contribution < -0.4 is 5.32 Å². The van der Waals surface area contributed by atoms with E-state index in [4.69, 9.17) is 0 Å². The number of hydrogen-bond acceptors (Lipinski definition) is 2. The predicted octanol–water partition coefficient (Wildman–Crippen LogP) is 3.94. The molecule has 2 N–H and O–H groups in total. The largest absolute Gasteiger partial charge is 0.361 e. The summed E-state index contributed by atoms with van der Waals surface area (Å²) in [6, 6.07) is 12.9. The first-order valence-corrected chi connectivity index (χ1v) is 6.59. The highest BCUT2D eigenvalue weighted by molar-refractivity contribution is 7.09. The van der Waals surface area contributed by atoms with Gasteiger partial charge in [-0.3, -0.25) is 0 Å². The zero-order valence-electron chi connectivity index (χ0n) is 9.85. The highest BCUT2D eigenvalue weighted by Gasteiger charge is 1.98. The van der Waals surface area contributed by atoms with E-state index in [0.29, 0.717) is 0 Å². The maximum atomic E-state index is 3.46. The van der Waals surface area contributed by atoms with E-state index in [9.17, 15) is 0 Å². The lowest BCUT2D eigenvalue weighted by Crippen LogP contribution is -2.11. The minimum Gasteiger partial charge on any atom is -0.361 e. The van der Waals surface area contributed by atoms with Gasteiger partial charge in [0.15, 0.2) is 0 Å². The molecule has 0 radical (unpaired) electrons. The Hall–Kier alpha value is -1.29. The molecule has 3 rings (SSSR count). The monoisotopic (exact) mass is 278 g/mol. The second kappa shape index (κ2) is 6.05. The molecular weight excluding hydrogens is 264 g/mol. The van der Waals surface area contributed by atoms with Gasteiger partial charge < -0.3 is 10.3 Å². The second-order valence-corrected chi connectivity index (χ2v) is 5.11. The second-order valence-electron chi connectivity index (χ2n) is 4.08. The normalized spacial score (nSPS) is 10.4. The molecule has 0 bridgehead atoms. The molecule has 0 spiro atoms. The number of aromatic nitrogens is 1. The van der Waals surface area contributed by atoms with Gasteiger partial charge in [-0.15, -0.1) is 23.7 Å². The van der Waals surface area contributed by atoms with Crippen molar-refractivity contribution in [2.45, 2.75) is 13.1 Å². The lowest BCUT2D eigenvalue weighted by Gasteiger charge is -2.03. The summed E-state index contributed by atoms with van der Waals surface area (Å²) in [4.78, 5) is 4.59. The van der Waals surface area contributed by atoms with Crippen molar-refractivity contribution in [3.05, 3.63) is 58.4 Å². The predicted molar refractivity (Wildman–Crippen MR) is 80.4 cm³/mol. The smallest absolute Gasteiger partial charge is 0.0454 e. The van der Waals surface area contributed by atoms with Crippen molar-refractivity contribution in [3.8, 4) is 0 Å². The van der Waals surface area contributed by atoms with E-state index >= 15 is 0 Å². The third kappa shape index (κ3) is 2.93. The summed E-state index contributed by atoms with van der Waals surface area (Å²) in [6.07, 6.45) is 1.98. The van der Waals surface area contributed by atoms with E-state index in [0.717, 1.165) is 13.1 Å². The molecule has 4 heteroatoms. The van der Waals surface area contributed by atoms with Gasteiger partial charge in [-0.2, -0.15) is 0 Å². The summed E-state index contributed by atoms with van der Waals surface area (Å²) in [5.41, 5.74) is 2.53. The van der Waals surface area contributed by atoms with Gasteiger partial charge >= 0.3 is 0 Å². The summed E-state index contributed by atoms with van der Waals surface area (Å²) >= 11 is 1.79. The van der Waals surface area contributed by atoms with Crippen LogP contribution in [0.3, 0.4) is 0 Å². The van der Waals surface area contributed by atoms with Crippen LogP contribution in [0.25, 0.3) is 10.9 Å². The Balaban J connectivity index is 0.00000120. The zero-order valence-corrected chi connectivity index (χ0v) is 11.5.